The lowest BCUT2D eigenvalue weighted by Crippen LogP contribution is -2.61. The molecule has 2 bridgehead atoms. The molecule has 1 amide bonds. The number of carbonyl (C=O) groups is 1. The first kappa shape index (κ1) is 20.6. The van der Waals surface area contributed by atoms with E-state index in [1.165, 1.54) is 6.07 Å². The van der Waals surface area contributed by atoms with Gasteiger partial charge in [0.1, 0.15) is 0 Å². The number of rotatable bonds is 4. The van der Waals surface area contributed by atoms with Gasteiger partial charge in [-0.15, -0.1) is 0 Å². The van der Waals surface area contributed by atoms with Gasteiger partial charge in [-0.25, -0.2) is 0 Å². The maximum Gasteiger partial charge on any atom is 0.416 e. The number of nitrogens with one attached hydrogen (secondary N) is 1. The summed E-state index contributed by atoms with van der Waals surface area (Å²) >= 11 is 0. The maximum atomic E-state index is 13.7. The van der Waals surface area contributed by atoms with Crippen LogP contribution in [0.25, 0.3) is 0 Å². The van der Waals surface area contributed by atoms with Crippen molar-refractivity contribution in [2.75, 3.05) is 7.05 Å². The highest BCUT2D eigenvalue weighted by atomic mass is 19.4. The monoisotopic (exact) mass is 428 g/mol. The Morgan fingerprint density at radius 1 is 1.00 bits per heavy atom. The minimum absolute atomic E-state index is 0.132. The number of amides is 1. The van der Waals surface area contributed by atoms with E-state index in [4.69, 9.17) is 0 Å². The second kappa shape index (κ2) is 7.37. The highest BCUT2D eigenvalue weighted by Crippen LogP contribution is 2.49. The van der Waals surface area contributed by atoms with Crippen molar-refractivity contribution in [2.45, 2.75) is 68.2 Å². The number of likely N-dealkylation sites (N-methyl/N-ethyl adjacent to an activating group) is 1. The fourth-order valence-electron chi connectivity index (χ4n) is 5.90. The van der Waals surface area contributed by atoms with Crippen molar-refractivity contribution < 1.29 is 18.0 Å². The zero-order valence-corrected chi connectivity index (χ0v) is 17.6. The molecule has 3 nitrogen and oxygen atoms in total. The van der Waals surface area contributed by atoms with Crippen LogP contribution in [-0.4, -0.2) is 29.9 Å². The Labute approximate surface area is 180 Å². The van der Waals surface area contributed by atoms with E-state index in [1.807, 2.05) is 30.3 Å². The summed E-state index contributed by atoms with van der Waals surface area (Å²) in [4.78, 5) is 16.0. The first-order valence-corrected chi connectivity index (χ1v) is 11.1. The van der Waals surface area contributed by atoms with Crippen LogP contribution in [0.3, 0.4) is 0 Å². The Balaban J connectivity index is 1.57. The van der Waals surface area contributed by atoms with Crippen molar-refractivity contribution in [1.82, 2.24) is 10.2 Å². The van der Waals surface area contributed by atoms with Gasteiger partial charge < -0.3 is 5.32 Å². The van der Waals surface area contributed by atoms with E-state index in [2.05, 4.69) is 17.3 Å². The highest BCUT2D eigenvalue weighted by Gasteiger charge is 2.52. The topological polar surface area (TPSA) is 32.3 Å². The third-order valence-corrected chi connectivity index (χ3v) is 7.55. The van der Waals surface area contributed by atoms with Crippen LogP contribution in [0, 0.1) is 0 Å². The number of fused-ring (bicyclic) bond motifs is 2. The number of piperidine rings is 1. The van der Waals surface area contributed by atoms with Gasteiger partial charge in [-0.1, -0.05) is 36.4 Å². The summed E-state index contributed by atoms with van der Waals surface area (Å²) in [7, 11) is 2.10. The molecule has 3 aliphatic rings. The van der Waals surface area contributed by atoms with Gasteiger partial charge in [0.15, 0.2) is 0 Å². The smallest absolute Gasteiger partial charge is 0.341 e. The van der Waals surface area contributed by atoms with Crippen LogP contribution in [0.5, 0.6) is 0 Å². The van der Waals surface area contributed by atoms with Crippen LogP contribution in [0.15, 0.2) is 48.5 Å². The van der Waals surface area contributed by atoms with E-state index < -0.39 is 23.2 Å². The fourth-order valence-corrected chi connectivity index (χ4v) is 5.90. The molecule has 3 atom stereocenters. The number of carbonyl (C=O) groups excluding carboxylic acids is 1. The quantitative estimate of drug-likeness (QED) is 0.701. The van der Waals surface area contributed by atoms with E-state index in [-0.39, 0.29) is 23.1 Å². The van der Waals surface area contributed by atoms with Gasteiger partial charge in [0.25, 0.3) is 5.91 Å². The summed E-state index contributed by atoms with van der Waals surface area (Å²) in [5.41, 5.74) is 0.105. The van der Waals surface area contributed by atoms with Gasteiger partial charge in [-0.05, 0) is 74.8 Å². The number of hydrogen-bond donors (Lipinski definition) is 1. The van der Waals surface area contributed by atoms with E-state index >= 15 is 0 Å². The third-order valence-electron chi connectivity index (χ3n) is 7.55. The Morgan fingerprint density at radius 3 is 2.42 bits per heavy atom. The molecular weight excluding hydrogens is 401 g/mol. The van der Waals surface area contributed by atoms with Crippen LogP contribution in [-0.2, 0) is 11.7 Å². The van der Waals surface area contributed by atoms with Gasteiger partial charge >= 0.3 is 6.18 Å². The number of nitrogens with zero attached hydrogens (tertiary/aromatic N) is 1. The highest BCUT2D eigenvalue weighted by molar-refractivity contribution is 5.97. The van der Waals surface area contributed by atoms with Crippen molar-refractivity contribution in [3.63, 3.8) is 0 Å². The van der Waals surface area contributed by atoms with Crippen molar-refractivity contribution in [3.8, 4) is 0 Å². The number of alkyl halides is 3. The molecule has 3 unspecified atom stereocenters. The molecule has 2 heterocycles. The molecule has 3 fully saturated rings. The van der Waals surface area contributed by atoms with Gasteiger partial charge in [0.2, 0.25) is 0 Å². The minimum atomic E-state index is -4.46. The van der Waals surface area contributed by atoms with Gasteiger partial charge in [0.05, 0.1) is 11.1 Å². The summed E-state index contributed by atoms with van der Waals surface area (Å²) in [5.74, 6) is -0.577. The molecule has 2 aliphatic heterocycles. The molecule has 1 aliphatic carbocycles. The lowest BCUT2D eigenvalue weighted by molar-refractivity contribution is -0.138. The standard InChI is InChI=1S/C25H27F3N2O/c1-30-18-12-13-21(30)24(15-14-18,17-6-3-2-4-7-17)29-23(31)19-8-5-9-20(25(26,27)28)22(19)16-10-11-16/h2-9,16,18,21H,10-15H2,1H3,(H,29,31). The Kier molecular flexibility index (Phi) is 4.88. The van der Waals surface area contributed by atoms with Gasteiger partial charge in [0, 0.05) is 17.6 Å². The van der Waals surface area contributed by atoms with E-state index in [1.54, 1.807) is 6.07 Å². The molecule has 2 aromatic rings. The zero-order valence-electron chi connectivity index (χ0n) is 17.6. The predicted octanol–water partition coefficient (Wildman–Crippen LogP) is 5.46. The summed E-state index contributed by atoms with van der Waals surface area (Å²) in [6.45, 7) is 0. The molecule has 6 heteroatoms. The van der Waals surface area contributed by atoms with Crippen molar-refractivity contribution in [1.29, 1.82) is 0 Å². The average Bonchev–Trinajstić information content (AvgIpc) is 3.55. The molecule has 0 aromatic heterocycles. The van der Waals surface area contributed by atoms with E-state index in [0.29, 0.717) is 18.9 Å². The van der Waals surface area contributed by atoms with Crippen LogP contribution in [0.2, 0.25) is 0 Å². The van der Waals surface area contributed by atoms with Crippen LogP contribution in [0.4, 0.5) is 13.2 Å². The lowest BCUT2D eigenvalue weighted by Gasteiger charge is -2.48. The molecule has 164 valence electrons. The van der Waals surface area contributed by atoms with E-state index in [0.717, 1.165) is 37.3 Å². The second-order valence-electron chi connectivity index (χ2n) is 9.28. The molecule has 2 aromatic carbocycles. The molecule has 0 radical (unpaired) electrons. The van der Waals surface area contributed by atoms with Gasteiger partial charge in [-0.3, -0.25) is 9.69 Å². The molecule has 2 saturated heterocycles. The summed E-state index contributed by atoms with van der Waals surface area (Å²) in [5, 5.41) is 3.28. The van der Waals surface area contributed by atoms with Gasteiger partial charge in [-0.2, -0.15) is 13.2 Å². The predicted molar refractivity (Wildman–Crippen MR) is 113 cm³/mol. The molecular formula is C25H27F3N2O. The third kappa shape index (κ3) is 3.45. The molecule has 1 N–H and O–H groups in total. The molecule has 1 saturated carbocycles. The Bertz CT molecular complexity index is 986. The lowest BCUT2D eigenvalue weighted by atomic mass is 9.76. The van der Waals surface area contributed by atoms with Crippen LogP contribution >= 0.6 is 0 Å². The van der Waals surface area contributed by atoms with Crippen molar-refractivity contribution >= 4 is 5.91 Å². The van der Waals surface area contributed by atoms with E-state index in [9.17, 15) is 18.0 Å². The minimum Gasteiger partial charge on any atom is -0.341 e. The van der Waals surface area contributed by atoms with Crippen molar-refractivity contribution in [2.24, 2.45) is 0 Å². The molecule has 31 heavy (non-hydrogen) atoms. The Hall–Kier alpha value is -2.34. The SMILES string of the molecule is CN1C2CCC1C(NC(=O)c1cccc(C(F)(F)F)c1C1CC1)(c1ccccc1)CC2. The zero-order chi connectivity index (χ0) is 21.8. The number of hydrogen-bond acceptors (Lipinski definition) is 2. The largest absolute Gasteiger partial charge is 0.416 e. The fraction of sp³-hybridized carbons (Fsp3) is 0.480. The number of halogens is 3. The first-order valence-electron chi connectivity index (χ1n) is 11.1. The first-order chi connectivity index (χ1) is 14.8. The maximum absolute atomic E-state index is 13.7. The molecule has 5 rings (SSSR count). The Morgan fingerprint density at radius 2 is 1.74 bits per heavy atom. The summed E-state index contributed by atoms with van der Waals surface area (Å²) in [6, 6.07) is 14.6. The summed E-state index contributed by atoms with van der Waals surface area (Å²) in [6.07, 6.45) is 0.737. The second-order valence-corrected chi connectivity index (χ2v) is 9.28. The van der Waals surface area contributed by atoms with Crippen LogP contribution in [0.1, 0.15) is 71.5 Å². The van der Waals surface area contributed by atoms with Crippen LogP contribution < -0.4 is 5.32 Å². The normalized spacial score (nSPS) is 28.5. The number of benzene rings is 2. The van der Waals surface area contributed by atoms with Crippen molar-refractivity contribution in [3.05, 3.63) is 70.8 Å². The summed E-state index contributed by atoms with van der Waals surface area (Å²) < 4.78 is 41.1. The average molecular weight is 428 g/mol. The molecule has 0 spiro atoms.